The Morgan fingerprint density at radius 1 is 0.576 bits per heavy atom. The number of phenolic OH excluding ortho intramolecular Hbond substituents is 1. The number of carboxylic acid groups (broad SMARTS) is 1. The summed E-state index contributed by atoms with van der Waals surface area (Å²) in [6.45, 7) is 2.53. The maximum Gasteiger partial charge on any atom is 0.339 e. The van der Waals surface area contributed by atoms with Crippen LogP contribution in [0.4, 0.5) is 14.0 Å². The number of carbonyl (C=O) groups is 4. The first-order valence-corrected chi connectivity index (χ1v) is 37.7. The molecule has 6 aromatic rings. The van der Waals surface area contributed by atoms with Crippen LogP contribution in [0.25, 0.3) is 0 Å². The summed E-state index contributed by atoms with van der Waals surface area (Å²) in [5, 5.41) is 31.3. The fourth-order valence-electron chi connectivity index (χ4n) is 14.3. The van der Waals surface area contributed by atoms with Gasteiger partial charge in [-0.2, -0.15) is 40.4 Å². The van der Waals surface area contributed by atoms with E-state index in [4.69, 9.17) is 38.5 Å². The number of hydrogen-bond acceptors (Lipinski definition) is 20. The number of unbranched alkanes of at least 4 members (excludes halogenated alkanes) is 2. The van der Waals surface area contributed by atoms with Gasteiger partial charge >= 0.3 is 44.2 Å². The van der Waals surface area contributed by atoms with Crippen molar-refractivity contribution in [3.63, 3.8) is 0 Å². The molecule has 4 fully saturated rings. The summed E-state index contributed by atoms with van der Waals surface area (Å²) in [6, 6.07) is 32.1. The number of aliphatic carboxylic acids is 1. The van der Waals surface area contributed by atoms with Gasteiger partial charge in [0.1, 0.15) is 9.79 Å². The van der Waals surface area contributed by atoms with Crippen LogP contribution in [-0.2, 0) is 68.6 Å². The van der Waals surface area contributed by atoms with E-state index in [2.05, 4.69) is 31.1 Å². The number of aromatic hydroxyl groups is 1. The number of urea groups is 2. The van der Waals surface area contributed by atoms with E-state index in [1.165, 1.54) is 38.5 Å². The molecule has 0 saturated carbocycles. The molecule has 4 amide bonds. The predicted octanol–water partition coefficient (Wildman–Crippen LogP) is 9.97. The average molecular weight is 1440 g/mol. The minimum absolute atomic E-state index is 0.0276. The molecule has 14 rings (SSSR count). The van der Waals surface area contributed by atoms with Gasteiger partial charge in [-0.05, 0) is 145 Å². The Kier molecular flexibility index (Phi) is 22.9. The number of nitrogens with zero attached hydrogens (tertiary/aromatic N) is 2. The Hall–Kier alpha value is -8.15. The largest absolute Gasteiger partial charge is 0.504 e. The second-order valence-electron chi connectivity index (χ2n) is 25.1. The van der Waals surface area contributed by atoms with Crippen LogP contribution in [0.15, 0.2) is 119 Å². The molecule has 0 aliphatic carbocycles. The molecule has 8 aliphatic rings. The van der Waals surface area contributed by atoms with Crippen molar-refractivity contribution in [2.75, 3.05) is 60.2 Å². The zero-order valence-corrected chi connectivity index (χ0v) is 58.6. The number of amides is 4. The lowest BCUT2D eigenvalue weighted by Crippen LogP contribution is -2.39. The van der Waals surface area contributed by atoms with Crippen LogP contribution in [0.5, 0.6) is 46.0 Å². The number of ether oxygens (including phenoxy) is 5. The van der Waals surface area contributed by atoms with Crippen LogP contribution >= 0.6 is 23.5 Å². The lowest BCUT2D eigenvalue weighted by Gasteiger charge is -2.42. The Labute approximate surface area is 586 Å². The summed E-state index contributed by atoms with van der Waals surface area (Å²) in [5.74, 6) is 3.59. The van der Waals surface area contributed by atoms with E-state index < -0.39 is 33.4 Å². The summed E-state index contributed by atoms with van der Waals surface area (Å²) in [5.41, 5.74) is 8.03. The Balaban J connectivity index is 0.000000166. The third-order valence-corrected chi connectivity index (χ3v) is 24.7. The van der Waals surface area contributed by atoms with Crippen molar-refractivity contribution in [1.29, 1.82) is 0 Å². The third-order valence-electron chi connectivity index (χ3n) is 19.2. The highest BCUT2D eigenvalue weighted by molar-refractivity contribution is 8.00. The molecule has 6 N–H and O–H groups in total. The van der Waals surface area contributed by atoms with Crippen molar-refractivity contribution in [2.45, 2.75) is 147 Å². The van der Waals surface area contributed by atoms with Gasteiger partial charge in [0, 0.05) is 84.2 Å². The summed E-state index contributed by atoms with van der Waals surface area (Å²) in [4.78, 5) is 50.8. The number of thioether (sulfide) groups is 2. The molecule has 23 nitrogen and oxygen atoms in total. The van der Waals surface area contributed by atoms with Gasteiger partial charge in [-0.3, -0.25) is 23.8 Å². The fraction of sp³-hybridized carbons (Fsp3) is 0.437. The third kappa shape index (κ3) is 16.4. The maximum absolute atomic E-state index is 13.2. The number of nitrogens with one attached hydrogen (secondary N) is 4. The molecule has 6 aromatic carbocycles. The Morgan fingerprint density at radius 3 is 1.47 bits per heavy atom. The van der Waals surface area contributed by atoms with Crippen molar-refractivity contribution in [1.82, 2.24) is 31.1 Å². The molecule has 8 heterocycles. The standard InChI is InChI=1S/C35H39N3O8S2.C25H25NO6S.C10H16N2O3S.CH3F/c1-43-28-13-12-21-16-27-24-18-29(44-2)30(45-32(39)11-7-6-10-31-33-26(20-47-31)36-35(40)37-33)17-22(24)14-15-38(27)19-25(21)34(28)46-48(41,42)23-8-4-3-5-9-23;1-30-23-9-8-16-12-21-19-14-24(31-2)22(27)13-17(19)10-11-26(21)15-20(16)25(23)32-33(28,29)18-6-4-3-5-7-18;13-8(14)4-2-1-3-7-9-6(5-16-7)11-10(15)12-9;1-2/h3-5,8-9,12-13,17-18,26-27,31,33H,6-7,10-11,14-16,19-20H2,1-2H3,(H2,36,37,40);3-9,13-14,21,27H,10-12,15H2,1-2H3;6-7,9H,1-5H2,(H,13,14)(H2,11,12,15);1H3/t26-,27?,31-,33-;;6-,7-,9-;/m1.1./s1/i;;;1D. The Morgan fingerprint density at radius 2 is 1.02 bits per heavy atom. The van der Waals surface area contributed by atoms with Gasteiger partial charge in [-0.25, -0.2) is 9.59 Å². The molecule has 28 heteroatoms. The minimum atomic E-state index is -4.07. The topological polar surface area (TPSA) is 296 Å². The van der Waals surface area contributed by atoms with E-state index in [0.29, 0.717) is 78.0 Å². The van der Waals surface area contributed by atoms with Crippen LogP contribution < -0.4 is 53.3 Å². The van der Waals surface area contributed by atoms with Crippen molar-refractivity contribution in [3.8, 4) is 46.0 Å². The summed E-state index contributed by atoms with van der Waals surface area (Å²) in [6.07, 6.45) is 8.53. The van der Waals surface area contributed by atoms with E-state index in [9.17, 15) is 45.5 Å². The van der Waals surface area contributed by atoms with E-state index in [0.717, 1.165) is 114 Å². The fourth-order valence-corrected chi connectivity index (χ4v) is 19.4. The highest BCUT2D eigenvalue weighted by Crippen LogP contribution is 2.49. The molecular weight excluding hydrogens is 1360 g/mol. The maximum atomic E-state index is 13.2. The zero-order chi connectivity index (χ0) is 70.8. The van der Waals surface area contributed by atoms with Crippen molar-refractivity contribution in [2.24, 2.45) is 0 Å². The molecule has 0 spiro atoms. The monoisotopic (exact) mass is 1440 g/mol. The average Bonchev–Trinajstić information content (AvgIpc) is 1.21. The van der Waals surface area contributed by atoms with Gasteiger partial charge in [-0.15, -0.1) is 0 Å². The second kappa shape index (κ2) is 32.0. The number of halogens is 1. The summed E-state index contributed by atoms with van der Waals surface area (Å²) >= 11 is 3.74. The van der Waals surface area contributed by atoms with E-state index >= 15 is 0 Å². The smallest absolute Gasteiger partial charge is 0.339 e. The summed E-state index contributed by atoms with van der Waals surface area (Å²) < 4.78 is 107. The van der Waals surface area contributed by atoms with Gasteiger partial charge in [-0.1, -0.05) is 61.4 Å². The molecule has 0 bridgehead atoms. The lowest BCUT2D eigenvalue weighted by atomic mass is 9.83. The molecule has 0 radical (unpaired) electrons. The van der Waals surface area contributed by atoms with Gasteiger partial charge in [0.15, 0.2) is 46.0 Å². The number of benzene rings is 6. The quantitative estimate of drug-likeness (QED) is 0.0128. The van der Waals surface area contributed by atoms with E-state index in [-0.39, 0.29) is 87.7 Å². The number of phenols is 1. The second-order valence-corrected chi connectivity index (χ2v) is 30.7. The van der Waals surface area contributed by atoms with Crippen molar-refractivity contribution in [3.05, 3.63) is 154 Å². The van der Waals surface area contributed by atoms with Gasteiger partial charge in [0.25, 0.3) is 0 Å². The van der Waals surface area contributed by atoms with Crippen LogP contribution in [0, 0.1) is 0 Å². The minimum Gasteiger partial charge on any atom is -0.504 e. The van der Waals surface area contributed by atoms with Crippen LogP contribution in [0.3, 0.4) is 0 Å². The number of carboxylic acids is 1. The van der Waals surface area contributed by atoms with E-state index in [1.807, 2.05) is 53.9 Å². The summed E-state index contributed by atoms with van der Waals surface area (Å²) in [7, 11) is -2.96. The molecule has 99 heavy (non-hydrogen) atoms. The zero-order valence-electron chi connectivity index (χ0n) is 56.4. The van der Waals surface area contributed by atoms with Crippen LogP contribution in [0.1, 0.15) is 109 Å². The molecule has 0 aromatic heterocycles. The number of rotatable bonds is 21. The molecule has 8 atom stereocenters. The molecule has 2 unspecified atom stereocenters. The van der Waals surface area contributed by atoms with Crippen LogP contribution in [0.2, 0.25) is 0 Å². The first-order chi connectivity index (χ1) is 48.2. The van der Waals surface area contributed by atoms with Gasteiger partial charge < -0.3 is 63.5 Å². The Bertz CT molecular complexity index is 4190. The van der Waals surface area contributed by atoms with E-state index in [1.54, 1.807) is 68.8 Å². The number of alkyl halides is 1. The van der Waals surface area contributed by atoms with Crippen molar-refractivity contribution >= 4 is 67.8 Å². The lowest BCUT2D eigenvalue weighted by molar-refractivity contribution is -0.137. The van der Waals surface area contributed by atoms with Gasteiger partial charge in [0.2, 0.25) is 0 Å². The number of hydrogen-bond donors (Lipinski definition) is 6. The predicted molar refractivity (Wildman–Crippen MR) is 371 cm³/mol. The number of esters is 1. The van der Waals surface area contributed by atoms with Crippen molar-refractivity contribution < 1.29 is 84.0 Å². The first-order valence-electron chi connectivity index (χ1n) is 33.5. The molecule has 4 saturated heterocycles. The molecular formula is C71H83FN6O17S4. The molecule has 8 aliphatic heterocycles. The van der Waals surface area contributed by atoms with Gasteiger partial charge in [0.05, 0.1) is 61.1 Å². The molecule has 530 valence electrons. The number of carbonyl (C=O) groups excluding carboxylic acids is 3. The highest BCUT2D eigenvalue weighted by Gasteiger charge is 2.45. The SMILES string of the molecule is COc1cc2c(cc1O)CCN1Cc3c(ccc(OC)c3OS(=O)(=O)c3ccccc3)CC21.COc1cc2c(cc1OC(=O)CCCC[C@H]1SC[C@H]3NC(=O)N[C@H]31)CCN1Cc3c(ccc(OC)c3OS(=O)(=O)c3ccccc3)CC21.O=C(O)CCCC[C@H]1SC[C@H]2NC(=O)N[C@H]21.[2H]CF. The highest BCUT2D eigenvalue weighted by atomic mass is 32.2. The normalized spacial score (nSPS) is 22.2. The number of fused-ring (bicyclic) bond motifs is 10. The first kappa shape index (κ1) is 70.7. The van der Waals surface area contributed by atoms with Crippen LogP contribution in [-0.4, -0.2) is 156 Å². The number of methoxy groups -OCH3 is 4.